The Hall–Kier alpha value is -1.97. The second-order valence-corrected chi connectivity index (χ2v) is 5.97. The molecule has 1 aliphatic heterocycles. The molecule has 26 heavy (non-hydrogen) atoms. The van der Waals surface area contributed by atoms with Gasteiger partial charge < -0.3 is 20.2 Å². The lowest BCUT2D eigenvalue weighted by Gasteiger charge is -2.37. The van der Waals surface area contributed by atoms with Crippen molar-refractivity contribution in [2.24, 2.45) is 4.99 Å². The Labute approximate surface area is 171 Å². The van der Waals surface area contributed by atoms with E-state index in [1.54, 1.807) is 12.3 Å². The van der Waals surface area contributed by atoms with Crippen molar-refractivity contribution in [3.63, 3.8) is 0 Å². The van der Waals surface area contributed by atoms with Crippen molar-refractivity contribution in [3.8, 4) is 5.75 Å². The molecule has 0 aliphatic carbocycles. The third kappa shape index (κ3) is 5.26. The molecule has 142 valence electrons. The molecule has 2 heterocycles. The van der Waals surface area contributed by atoms with E-state index in [4.69, 9.17) is 4.99 Å². The number of benzene rings is 1. The van der Waals surface area contributed by atoms with Crippen molar-refractivity contribution in [3.05, 3.63) is 42.7 Å². The number of piperazine rings is 1. The number of halogens is 1. The maximum Gasteiger partial charge on any atom is 0.194 e. The lowest BCUT2D eigenvalue weighted by Crippen LogP contribution is -2.52. The van der Waals surface area contributed by atoms with E-state index in [0.29, 0.717) is 12.3 Å². The summed E-state index contributed by atoms with van der Waals surface area (Å²) in [5.74, 6) is 1.29. The first-order valence-electron chi connectivity index (χ1n) is 8.81. The van der Waals surface area contributed by atoms with Crippen LogP contribution in [0.2, 0.25) is 0 Å². The smallest absolute Gasteiger partial charge is 0.194 e. The molecule has 0 atom stereocenters. The second-order valence-electron chi connectivity index (χ2n) is 5.97. The topological polar surface area (TPSA) is 68.9 Å². The molecule has 0 unspecified atom stereocenters. The number of rotatable bonds is 5. The van der Waals surface area contributed by atoms with Crippen LogP contribution in [-0.2, 0) is 6.54 Å². The van der Waals surface area contributed by atoms with Crippen molar-refractivity contribution >= 4 is 35.6 Å². The molecular formula is C18H27IN6O. The van der Waals surface area contributed by atoms with Crippen LogP contribution in [-0.4, -0.2) is 65.0 Å². The summed E-state index contributed by atoms with van der Waals surface area (Å²) in [4.78, 5) is 9.23. The molecule has 0 saturated carbocycles. The molecule has 8 heteroatoms. The van der Waals surface area contributed by atoms with Gasteiger partial charge in [0.15, 0.2) is 5.96 Å². The maximum atomic E-state index is 10.0. The van der Waals surface area contributed by atoms with E-state index in [9.17, 15) is 5.11 Å². The van der Waals surface area contributed by atoms with E-state index in [1.165, 1.54) is 0 Å². The maximum absolute atomic E-state index is 10.0. The van der Waals surface area contributed by atoms with E-state index < -0.39 is 0 Å². The third-order valence-electron chi connectivity index (χ3n) is 4.29. The normalized spacial score (nSPS) is 14.9. The van der Waals surface area contributed by atoms with Crippen LogP contribution >= 0.6 is 24.0 Å². The molecule has 1 saturated heterocycles. The van der Waals surface area contributed by atoms with Crippen LogP contribution in [0.15, 0.2) is 47.7 Å². The average Bonchev–Trinajstić information content (AvgIpc) is 3.15. The van der Waals surface area contributed by atoms with E-state index in [1.807, 2.05) is 35.1 Å². The molecule has 3 rings (SSSR count). The van der Waals surface area contributed by atoms with Crippen LogP contribution in [0.1, 0.15) is 6.92 Å². The number of hydrogen-bond donors (Lipinski definition) is 2. The lowest BCUT2D eigenvalue weighted by molar-refractivity contribution is 0.369. The van der Waals surface area contributed by atoms with Crippen LogP contribution in [0, 0.1) is 0 Å². The number of guanidine groups is 1. The van der Waals surface area contributed by atoms with Crippen molar-refractivity contribution < 1.29 is 5.11 Å². The van der Waals surface area contributed by atoms with Crippen molar-refractivity contribution in [1.82, 2.24) is 20.0 Å². The van der Waals surface area contributed by atoms with Gasteiger partial charge >= 0.3 is 0 Å². The number of aliphatic imine (C=N–C) groups is 1. The minimum atomic E-state index is 0. The average molecular weight is 470 g/mol. The summed E-state index contributed by atoms with van der Waals surface area (Å²) >= 11 is 0. The van der Waals surface area contributed by atoms with E-state index in [0.717, 1.165) is 50.9 Å². The number of phenols is 1. The summed E-state index contributed by atoms with van der Waals surface area (Å²) in [5, 5.41) is 17.6. The molecule has 7 nitrogen and oxygen atoms in total. The molecule has 0 spiro atoms. The largest absolute Gasteiger partial charge is 0.506 e. The monoisotopic (exact) mass is 470 g/mol. The first-order valence-corrected chi connectivity index (χ1v) is 8.81. The highest BCUT2D eigenvalue weighted by Crippen LogP contribution is 2.27. The molecule has 2 aromatic rings. The number of aromatic nitrogens is 2. The molecular weight excluding hydrogens is 443 g/mol. The Morgan fingerprint density at radius 2 is 1.96 bits per heavy atom. The molecule has 0 amide bonds. The van der Waals surface area contributed by atoms with Gasteiger partial charge in [-0.3, -0.25) is 9.67 Å². The Bertz CT molecular complexity index is 683. The number of hydrogen-bond acceptors (Lipinski definition) is 4. The summed E-state index contributed by atoms with van der Waals surface area (Å²) in [6, 6.07) is 9.44. The Balaban J connectivity index is 0.00000243. The molecule has 1 aromatic heterocycles. The lowest BCUT2D eigenvalue weighted by atomic mass is 10.2. The van der Waals surface area contributed by atoms with Gasteiger partial charge in [0, 0.05) is 45.1 Å². The summed E-state index contributed by atoms with van der Waals surface area (Å²) in [7, 11) is 0. The molecule has 0 radical (unpaired) electrons. The first-order chi connectivity index (χ1) is 12.3. The molecule has 0 bridgehead atoms. The van der Waals surface area contributed by atoms with Crippen LogP contribution in [0.3, 0.4) is 0 Å². The van der Waals surface area contributed by atoms with E-state index in [2.05, 4.69) is 27.1 Å². The zero-order valence-electron chi connectivity index (χ0n) is 15.1. The highest BCUT2D eigenvalue weighted by Gasteiger charge is 2.21. The fourth-order valence-corrected chi connectivity index (χ4v) is 3.01. The fraction of sp³-hybridized carbons (Fsp3) is 0.444. The SMILES string of the molecule is CCNC(=NCCn1cccn1)N1CCN(c2ccccc2O)CC1.I. The Morgan fingerprint density at radius 1 is 1.19 bits per heavy atom. The van der Waals surface area contributed by atoms with Crippen LogP contribution in [0.4, 0.5) is 5.69 Å². The standard InChI is InChI=1S/C18H26N6O.HI/c1-2-19-18(20-9-11-24-10-5-8-21-24)23-14-12-22(13-15-23)16-6-3-4-7-17(16)25;/h3-8,10,25H,2,9,11-15H2,1H3,(H,19,20);1H. The number of nitrogens with one attached hydrogen (secondary N) is 1. The third-order valence-corrected chi connectivity index (χ3v) is 4.29. The van der Waals surface area contributed by atoms with Crippen molar-refractivity contribution in [2.45, 2.75) is 13.5 Å². The van der Waals surface area contributed by atoms with Gasteiger partial charge in [0.2, 0.25) is 0 Å². The van der Waals surface area contributed by atoms with Crippen LogP contribution in [0.25, 0.3) is 0 Å². The summed E-state index contributed by atoms with van der Waals surface area (Å²) in [6.07, 6.45) is 3.74. The highest BCUT2D eigenvalue weighted by atomic mass is 127. The number of anilines is 1. The van der Waals surface area contributed by atoms with Gasteiger partial charge in [-0.1, -0.05) is 12.1 Å². The minimum absolute atomic E-state index is 0. The predicted octanol–water partition coefficient (Wildman–Crippen LogP) is 1.99. The van der Waals surface area contributed by atoms with Gasteiger partial charge in [-0.15, -0.1) is 24.0 Å². The number of para-hydroxylation sites is 2. The van der Waals surface area contributed by atoms with Gasteiger partial charge in [-0.2, -0.15) is 5.10 Å². The summed E-state index contributed by atoms with van der Waals surface area (Å²) in [6.45, 7) is 7.89. The van der Waals surface area contributed by atoms with Gasteiger partial charge in [-0.05, 0) is 25.1 Å². The van der Waals surface area contributed by atoms with E-state index in [-0.39, 0.29) is 24.0 Å². The molecule has 1 fully saturated rings. The van der Waals surface area contributed by atoms with Gasteiger partial charge in [-0.25, -0.2) is 0 Å². The van der Waals surface area contributed by atoms with Crippen molar-refractivity contribution in [1.29, 1.82) is 0 Å². The molecule has 1 aromatic carbocycles. The Kier molecular flexibility index (Phi) is 8.02. The van der Waals surface area contributed by atoms with Crippen LogP contribution < -0.4 is 10.2 Å². The second kappa shape index (κ2) is 10.2. The minimum Gasteiger partial charge on any atom is -0.506 e. The highest BCUT2D eigenvalue weighted by molar-refractivity contribution is 14.0. The first kappa shape index (κ1) is 20.3. The van der Waals surface area contributed by atoms with Crippen molar-refractivity contribution in [2.75, 3.05) is 44.2 Å². The zero-order valence-corrected chi connectivity index (χ0v) is 17.4. The van der Waals surface area contributed by atoms with E-state index >= 15 is 0 Å². The van der Waals surface area contributed by atoms with Crippen LogP contribution in [0.5, 0.6) is 5.75 Å². The fourth-order valence-electron chi connectivity index (χ4n) is 3.01. The number of nitrogens with zero attached hydrogens (tertiary/aromatic N) is 5. The summed E-state index contributed by atoms with van der Waals surface area (Å²) in [5.41, 5.74) is 0.905. The van der Waals surface area contributed by atoms with Gasteiger partial charge in [0.05, 0.1) is 18.8 Å². The van der Waals surface area contributed by atoms with Gasteiger partial charge in [0.1, 0.15) is 5.75 Å². The number of phenolic OH excluding ortho intramolecular Hbond substituents is 1. The summed E-state index contributed by atoms with van der Waals surface area (Å²) < 4.78 is 1.89. The molecule has 2 N–H and O–H groups in total. The quantitative estimate of drug-likeness (QED) is 0.398. The number of aromatic hydroxyl groups is 1. The Morgan fingerprint density at radius 3 is 2.62 bits per heavy atom. The zero-order chi connectivity index (χ0) is 17.5. The predicted molar refractivity (Wildman–Crippen MR) is 116 cm³/mol. The molecule has 1 aliphatic rings. The van der Waals surface area contributed by atoms with Gasteiger partial charge in [0.25, 0.3) is 0 Å².